The van der Waals surface area contributed by atoms with Crippen molar-refractivity contribution in [3.05, 3.63) is 40.3 Å². The summed E-state index contributed by atoms with van der Waals surface area (Å²) in [7, 11) is -3.45. The van der Waals surface area contributed by atoms with E-state index < -0.39 is 9.84 Å². The number of thiazole rings is 1. The smallest absolute Gasteiger partial charge is 0.186 e. The molecule has 1 aromatic carbocycles. The van der Waals surface area contributed by atoms with E-state index in [2.05, 4.69) is 25.8 Å². The van der Waals surface area contributed by atoms with Crippen molar-refractivity contribution >= 4 is 26.9 Å². The molecule has 20 heavy (non-hydrogen) atoms. The average molecular weight is 310 g/mol. The second-order valence-electron chi connectivity index (χ2n) is 5.67. The van der Waals surface area contributed by atoms with Gasteiger partial charge in [0.15, 0.2) is 9.84 Å². The van der Waals surface area contributed by atoms with E-state index in [1.807, 2.05) is 5.38 Å². The van der Waals surface area contributed by atoms with Crippen LogP contribution >= 0.6 is 11.3 Å². The molecule has 0 saturated carbocycles. The lowest BCUT2D eigenvalue weighted by atomic mass is 9.93. The molecule has 6 heteroatoms. The van der Waals surface area contributed by atoms with Crippen molar-refractivity contribution in [3.8, 4) is 0 Å². The number of nitrogens with zero attached hydrogens (tertiary/aromatic N) is 1. The summed E-state index contributed by atoms with van der Waals surface area (Å²) in [4.78, 5) is 4.59. The SMILES string of the molecule is CC(C)(C)c1csc(CS(=O)(=O)c2ccccc2N)n1. The van der Waals surface area contributed by atoms with Crippen LogP contribution in [0.1, 0.15) is 31.5 Å². The maximum absolute atomic E-state index is 12.4. The highest BCUT2D eigenvalue weighted by Gasteiger charge is 2.22. The van der Waals surface area contributed by atoms with Crippen LogP contribution in [0.4, 0.5) is 5.69 Å². The summed E-state index contributed by atoms with van der Waals surface area (Å²) in [6, 6.07) is 6.51. The standard InChI is InChI=1S/C14H18N2O2S2/c1-14(2,3)12-8-19-13(16-12)9-20(17,18)11-7-5-4-6-10(11)15/h4-8H,9,15H2,1-3H3. The van der Waals surface area contributed by atoms with Crippen LogP contribution in [0.3, 0.4) is 0 Å². The largest absolute Gasteiger partial charge is 0.398 e. The molecule has 0 spiro atoms. The molecule has 2 N–H and O–H groups in total. The van der Waals surface area contributed by atoms with Crippen LogP contribution in [0.5, 0.6) is 0 Å². The third kappa shape index (κ3) is 3.19. The quantitative estimate of drug-likeness (QED) is 0.885. The van der Waals surface area contributed by atoms with Gasteiger partial charge >= 0.3 is 0 Å². The molecular formula is C14H18N2O2S2. The molecule has 0 saturated heterocycles. The number of nitrogen functional groups attached to an aromatic ring is 1. The molecule has 0 unspecified atom stereocenters. The van der Waals surface area contributed by atoms with Gasteiger partial charge in [0.25, 0.3) is 0 Å². The lowest BCUT2D eigenvalue weighted by Crippen LogP contribution is -2.12. The first-order chi connectivity index (χ1) is 9.20. The van der Waals surface area contributed by atoms with Crippen molar-refractivity contribution in [2.45, 2.75) is 36.8 Å². The maximum Gasteiger partial charge on any atom is 0.186 e. The van der Waals surface area contributed by atoms with Gasteiger partial charge in [-0.3, -0.25) is 0 Å². The Bertz CT molecular complexity index is 713. The Morgan fingerprint density at radius 1 is 1.25 bits per heavy atom. The number of aromatic nitrogens is 1. The summed E-state index contributed by atoms with van der Waals surface area (Å²) in [5, 5.41) is 2.51. The van der Waals surface area contributed by atoms with E-state index in [0.29, 0.717) is 5.01 Å². The van der Waals surface area contributed by atoms with Crippen LogP contribution in [-0.2, 0) is 21.0 Å². The predicted octanol–water partition coefficient (Wildman–Crippen LogP) is 3.00. The Morgan fingerprint density at radius 3 is 2.45 bits per heavy atom. The zero-order valence-corrected chi connectivity index (χ0v) is 13.4. The fraction of sp³-hybridized carbons (Fsp3) is 0.357. The number of hydrogen-bond acceptors (Lipinski definition) is 5. The first-order valence-corrected chi connectivity index (χ1v) is 8.75. The Hall–Kier alpha value is -1.40. The fourth-order valence-electron chi connectivity index (χ4n) is 1.73. The lowest BCUT2D eigenvalue weighted by molar-refractivity contribution is 0.570. The van der Waals surface area contributed by atoms with Gasteiger partial charge in [0, 0.05) is 10.8 Å². The molecule has 0 atom stereocenters. The molecule has 2 rings (SSSR count). The Morgan fingerprint density at radius 2 is 1.90 bits per heavy atom. The summed E-state index contributed by atoms with van der Waals surface area (Å²) >= 11 is 1.37. The minimum atomic E-state index is -3.45. The van der Waals surface area contributed by atoms with Crippen molar-refractivity contribution in [2.75, 3.05) is 5.73 Å². The molecule has 0 radical (unpaired) electrons. The molecule has 0 bridgehead atoms. The zero-order valence-electron chi connectivity index (χ0n) is 11.8. The van der Waals surface area contributed by atoms with Crippen molar-refractivity contribution in [3.63, 3.8) is 0 Å². The molecule has 2 aromatic rings. The summed E-state index contributed by atoms with van der Waals surface area (Å²) in [6.07, 6.45) is 0. The van der Waals surface area contributed by atoms with Gasteiger partial charge in [0.2, 0.25) is 0 Å². The zero-order chi connectivity index (χ0) is 15.0. The van der Waals surface area contributed by atoms with Gasteiger partial charge in [-0.1, -0.05) is 32.9 Å². The average Bonchev–Trinajstić information content (AvgIpc) is 2.76. The highest BCUT2D eigenvalue weighted by atomic mass is 32.2. The molecule has 1 aromatic heterocycles. The summed E-state index contributed by atoms with van der Waals surface area (Å²) < 4.78 is 24.7. The van der Waals surface area contributed by atoms with E-state index in [0.717, 1.165) is 5.69 Å². The number of anilines is 1. The number of hydrogen-bond donors (Lipinski definition) is 1. The monoisotopic (exact) mass is 310 g/mol. The summed E-state index contributed by atoms with van der Waals surface area (Å²) in [6.45, 7) is 6.15. The van der Waals surface area contributed by atoms with E-state index in [1.54, 1.807) is 18.2 Å². The van der Waals surface area contributed by atoms with E-state index in [4.69, 9.17) is 5.73 Å². The van der Waals surface area contributed by atoms with Gasteiger partial charge in [-0.15, -0.1) is 11.3 Å². The number of sulfone groups is 1. The van der Waals surface area contributed by atoms with E-state index >= 15 is 0 Å². The van der Waals surface area contributed by atoms with Crippen molar-refractivity contribution in [1.29, 1.82) is 0 Å². The topological polar surface area (TPSA) is 73.0 Å². The van der Waals surface area contributed by atoms with Crippen LogP contribution < -0.4 is 5.73 Å². The van der Waals surface area contributed by atoms with Gasteiger partial charge in [-0.05, 0) is 12.1 Å². The molecule has 108 valence electrons. The van der Waals surface area contributed by atoms with Crippen LogP contribution in [0.15, 0.2) is 34.5 Å². The van der Waals surface area contributed by atoms with E-state index in [-0.39, 0.29) is 21.8 Å². The fourth-order valence-corrected chi connectivity index (χ4v) is 4.53. The molecule has 4 nitrogen and oxygen atoms in total. The summed E-state index contributed by atoms with van der Waals surface area (Å²) in [5.41, 5.74) is 6.85. The third-order valence-corrected chi connectivity index (χ3v) is 5.61. The normalized spacial score (nSPS) is 12.6. The van der Waals surface area contributed by atoms with Crippen molar-refractivity contribution < 1.29 is 8.42 Å². The second kappa shape index (κ2) is 5.18. The highest BCUT2D eigenvalue weighted by molar-refractivity contribution is 7.91. The van der Waals surface area contributed by atoms with Gasteiger partial charge < -0.3 is 5.73 Å². The minimum absolute atomic E-state index is 0.0791. The lowest BCUT2D eigenvalue weighted by Gasteiger charge is -2.14. The van der Waals surface area contributed by atoms with Gasteiger partial charge in [0.1, 0.15) is 10.8 Å². The van der Waals surface area contributed by atoms with Gasteiger partial charge in [-0.2, -0.15) is 0 Å². The molecule has 1 heterocycles. The third-order valence-electron chi connectivity index (χ3n) is 2.89. The molecule has 0 amide bonds. The number of rotatable bonds is 3. The highest BCUT2D eigenvalue weighted by Crippen LogP contribution is 2.27. The van der Waals surface area contributed by atoms with E-state index in [1.165, 1.54) is 17.4 Å². The van der Waals surface area contributed by atoms with E-state index in [9.17, 15) is 8.42 Å². The van der Waals surface area contributed by atoms with Crippen LogP contribution in [0, 0.1) is 0 Å². The van der Waals surface area contributed by atoms with Gasteiger partial charge in [0.05, 0.1) is 16.3 Å². The Kier molecular flexibility index (Phi) is 3.88. The summed E-state index contributed by atoms with van der Waals surface area (Å²) in [5.74, 6) is -0.109. The predicted molar refractivity (Wildman–Crippen MR) is 82.6 cm³/mol. The van der Waals surface area contributed by atoms with Crippen LogP contribution in [-0.4, -0.2) is 13.4 Å². The second-order valence-corrected chi connectivity index (χ2v) is 8.57. The van der Waals surface area contributed by atoms with Crippen LogP contribution in [0.2, 0.25) is 0 Å². The van der Waals surface area contributed by atoms with Crippen LogP contribution in [0.25, 0.3) is 0 Å². The number of nitrogens with two attached hydrogens (primary N) is 1. The first-order valence-electron chi connectivity index (χ1n) is 6.22. The molecular weight excluding hydrogens is 292 g/mol. The number of para-hydroxylation sites is 1. The Labute approximate surface area is 123 Å². The minimum Gasteiger partial charge on any atom is -0.398 e. The van der Waals surface area contributed by atoms with Crippen molar-refractivity contribution in [1.82, 2.24) is 4.98 Å². The molecule has 0 aliphatic heterocycles. The maximum atomic E-state index is 12.4. The van der Waals surface area contributed by atoms with Gasteiger partial charge in [-0.25, -0.2) is 13.4 Å². The molecule has 0 fully saturated rings. The number of benzene rings is 1. The molecule has 0 aliphatic rings. The Balaban J connectivity index is 2.30. The van der Waals surface area contributed by atoms with Crippen molar-refractivity contribution in [2.24, 2.45) is 0 Å². The molecule has 0 aliphatic carbocycles. The first kappa shape index (κ1) is 15.0.